The van der Waals surface area contributed by atoms with Crippen molar-refractivity contribution in [3.05, 3.63) is 82.3 Å². The fraction of sp³-hybridized carbons (Fsp3) is 0.143. The highest BCUT2D eigenvalue weighted by molar-refractivity contribution is 9.10. The third-order valence-corrected chi connectivity index (χ3v) is 5.46. The second kappa shape index (κ2) is 9.01. The molecule has 26 heavy (non-hydrogen) atoms. The Kier molecular flexibility index (Phi) is 6.47. The van der Waals surface area contributed by atoms with E-state index in [4.69, 9.17) is 0 Å². The van der Waals surface area contributed by atoms with Crippen LogP contribution in [0.15, 0.2) is 76.3 Å². The summed E-state index contributed by atoms with van der Waals surface area (Å²) in [6.45, 7) is 1.88. The SMILES string of the molecule is C/C(=N/NC(=O)CSCc1ccc2ccccc2c1)c1ccc(Br)cc1. The molecule has 1 amide bonds. The number of carbonyl (C=O) groups excluding carboxylic acids is 1. The molecule has 5 heteroatoms. The maximum Gasteiger partial charge on any atom is 0.250 e. The number of hydrogen-bond donors (Lipinski definition) is 1. The Morgan fingerprint density at radius 1 is 1.04 bits per heavy atom. The van der Waals surface area contributed by atoms with Gasteiger partial charge in [0, 0.05) is 10.2 Å². The van der Waals surface area contributed by atoms with Crippen molar-refractivity contribution in [3.63, 3.8) is 0 Å². The van der Waals surface area contributed by atoms with Gasteiger partial charge in [-0.1, -0.05) is 70.5 Å². The maximum absolute atomic E-state index is 12.0. The van der Waals surface area contributed by atoms with E-state index < -0.39 is 0 Å². The third-order valence-electron chi connectivity index (χ3n) is 3.93. The first kappa shape index (κ1) is 18.7. The predicted octanol–water partition coefficient (Wildman–Crippen LogP) is 5.38. The first-order chi connectivity index (χ1) is 12.6. The van der Waals surface area contributed by atoms with Crippen LogP contribution in [0.2, 0.25) is 0 Å². The molecule has 3 rings (SSSR count). The number of nitrogens with one attached hydrogen (secondary N) is 1. The van der Waals surface area contributed by atoms with E-state index in [1.165, 1.54) is 16.3 Å². The van der Waals surface area contributed by atoms with Crippen LogP contribution in [-0.2, 0) is 10.5 Å². The molecule has 0 aromatic heterocycles. The van der Waals surface area contributed by atoms with Crippen LogP contribution >= 0.6 is 27.7 Å². The molecule has 3 aromatic carbocycles. The molecule has 0 saturated carbocycles. The molecule has 1 N–H and O–H groups in total. The lowest BCUT2D eigenvalue weighted by Crippen LogP contribution is -2.21. The molecule has 3 nitrogen and oxygen atoms in total. The van der Waals surface area contributed by atoms with Crippen molar-refractivity contribution in [1.29, 1.82) is 0 Å². The molecule has 3 aromatic rings. The summed E-state index contributed by atoms with van der Waals surface area (Å²) in [4.78, 5) is 12.0. The van der Waals surface area contributed by atoms with Crippen LogP contribution in [0.5, 0.6) is 0 Å². The molecule has 0 spiro atoms. The zero-order valence-corrected chi connectivity index (χ0v) is 16.8. The number of rotatable bonds is 6. The number of hydrazone groups is 1. The smallest absolute Gasteiger partial charge is 0.250 e. The Morgan fingerprint density at radius 3 is 2.54 bits per heavy atom. The lowest BCUT2D eigenvalue weighted by molar-refractivity contribution is -0.118. The van der Waals surface area contributed by atoms with Gasteiger partial charge in [0.05, 0.1) is 11.5 Å². The van der Waals surface area contributed by atoms with Crippen molar-refractivity contribution < 1.29 is 4.79 Å². The average molecular weight is 427 g/mol. The van der Waals surface area contributed by atoms with Crippen molar-refractivity contribution >= 4 is 50.1 Å². The van der Waals surface area contributed by atoms with Gasteiger partial charge in [-0.2, -0.15) is 5.10 Å². The van der Waals surface area contributed by atoms with Crippen LogP contribution in [-0.4, -0.2) is 17.4 Å². The largest absolute Gasteiger partial charge is 0.272 e. The summed E-state index contributed by atoms with van der Waals surface area (Å²) < 4.78 is 1.02. The summed E-state index contributed by atoms with van der Waals surface area (Å²) in [6.07, 6.45) is 0. The normalized spacial score (nSPS) is 11.5. The van der Waals surface area contributed by atoms with E-state index in [2.05, 4.69) is 56.8 Å². The van der Waals surface area contributed by atoms with Crippen molar-refractivity contribution in [2.75, 3.05) is 5.75 Å². The van der Waals surface area contributed by atoms with Crippen LogP contribution in [0.25, 0.3) is 10.8 Å². The second-order valence-corrected chi connectivity index (χ2v) is 7.81. The quantitative estimate of drug-likeness (QED) is 0.424. The zero-order valence-electron chi connectivity index (χ0n) is 14.4. The van der Waals surface area contributed by atoms with Gasteiger partial charge in [0.25, 0.3) is 0 Å². The first-order valence-electron chi connectivity index (χ1n) is 8.26. The molecule has 0 unspecified atom stereocenters. The molecule has 0 atom stereocenters. The predicted molar refractivity (Wildman–Crippen MR) is 115 cm³/mol. The fourth-order valence-corrected chi connectivity index (χ4v) is 3.56. The number of amides is 1. The number of hydrogen-bond acceptors (Lipinski definition) is 3. The van der Waals surface area contributed by atoms with E-state index in [0.29, 0.717) is 5.75 Å². The van der Waals surface area contributed by atoms with Gasteiger partial charge < -0.3 is 0 Å². The summed E-state index contributed by atoms with van der Waals surface area (Å²) in [5.74, 6) is 1.09. The minimum atomic E-state index is -0.0905. The Morgan fingerprint density at radius 2 is 1.77 bits per heavy atom. The van der Waals surface area contributed by atoms with Crippen LogP contribution in [0.4, 0.5) is 0 Å². The van der Waals surface area contributed by atoms with Crippen LogP contribution in [0, 0.1) is 0 Å². The van der Waals surface area contributed by atoms with E-state index in [9.17, 15) is 4.79 Å². The van der Waals surface area contributed by atoms with Crippen molar-refractivity contribution in [3.8, 4) is 0 Å². The topological polar surface area (TPSA) is 41.5 Å². The lowest BCUT2D eigenvalue weighted by Gasteiger charge is -2.05. The van der Waals surface area contributed by atoms with Crippen molar-refractivity contribution in [2.24, 2.45) is 5.10 Å². The molecule has 0 aliphatic heterocycles. The number of thioether (sulfide) groups is 1. The highest BCUT2D eigenvalue weighted by Crippen LogP contribution is 2.19. The highest BCUT2D eigenvalue weighted by Gasteiger charge is 2.03. The molecule has 132 valence electrons. The van der Waals surface area contributed by atoms with Gasteiger partial charge in [-0.3, -0.25) is 4.79 Å². The molecular formula is C21H19BrN2OS. The van der Waals surface area contributed by atoms with Gasteiger partial charge in [0.15, 0.2) is 0 Å². The van der Waals surface area contributed by atoms with Gasteiger partial charge in [0.1, 0.15) is 0 Å². The summed E-state index contributed by atoms with van der Waals surface area (Å²) in [5, 5.41) is 6.64. The standard InChI is InChI=1S/C21H19BrN2OS/c1-15(17-8-10-20(22)11-9-17)23-24-21(25)14-26-13-16-6-7-18-4-2-3-5-19(18)12-16/h2-12H,13-14H2,1H3,(H,24,25)/b23-15-. The Hall–Kier alpha value is -2.11. The highest BCUT2D eigenvalue weighted by atomic mass is 79.9. The van der Waals surface area contributed by atoms with Crippen LogP contribution < -0.4 is 5.43 Å². The van der Waals surface area contributed by atoms with E-state index >= 15 is 0 Å². The molecule has 0 fully saturated rings. The van der Waals surface area contributed by atoms with Gasteiger partial charge >= 0.3 is 0 Å². The molecular weight excluding hydrogens is 408 g/mol. The number of carbonyl (C=O) groups is 1. The van der Waals surface area contributed by atoms with E-state index in [-0.39, 0.29) is 5.91 Å². The number of nitrogens with zero attached hydrogens (tertiary/aromatic N) is 1. The van der Waals surface area contributed by atoms with Gasteiger partial charge in [-0.25, -0.2) is 5.43 Å². The average Bonchev–Trinajstić information content (AvgIpc) is 2.66. The summed E-state index contributed by atoms with van der Waals surface area (Å²) in [5.41, 5.74) is 5.61. The molecule has 0 aliphatic carbocycles. The maximum atomic E-state index is 12.0. The van der Waals surface area contributed by atoms with Crippen LogP contribution in [0.3, 0.4) is 0 Å². The molecule has 0 radical (unpaired) electrons. The third kappa shape index (κ3) is 5.19. The molecule has 0 aliphatic rings. The summed E-state index contributed by atoms with van der Waals surface area (Å²) in [6, 6.07) is 22.5. The molecule has 0 heterocycles. The Balaban J connectivity index is 1.49. The van der Waals surface area contributed by atoms with Gasteiger partial charge in [0.2, 0.25) is 5.91 Å². The molecule has 0 saturated heterocycles. The number of fused-ring (bicyclic) bond motifs is 1. The Labute approximate surface area is 166 Å². The summed E-state index contributed by atoms with van der Waals surface area (Å²) in [7, 11) is 0. The van der Waals surface area contributed by atoms with Crippen molar-refractivity contribution in [1.82, 2.24) is 5.43 Å². The van der Waals surface area contributed by atoms with E-state index in [0.717, 1.165) is 21.5 Å². The zero-order chi connectivity index (χ0) is 18.4. The van der Waals surface area contributed by atoms with Crippen molar-refractivity contribution in [2.45, 2.75) is 12.7 Å². The first-order valence-corrected chi connectivity index (χ1v) is 10.2. The Bertz CT molecular complexity index is 938. The van der Waals surface area contributed by atoms with Gasteiger partial charge in [-0.05, 0) is 41.0 Å². The van der Waals surface area contributed by atoms with Gasteiger partial charge in [-0.15, -0.1) is 11.8 Å². The number of benzene rings is 3. The van der Waals surface area contributed by atoms with E-state index in [1.54, 1.807) is 11.8 Å². The fourth-order valence-electron chi connectivity index (χ4n) is 2.52. The summed E-state index contributed by atoms with van der Waals surface area (Å²) >= 11 is 4.99. The minimum absolute atomic E-state index is 0.0905. The molecule has 0 bridgehead atoms. The van der Waals surface area contributed by atoms with E-state index in [1.807, 2.05) is 43.3 Å². The number of halogens is 1. The lowest BCUT2D eigenvalue weighted by atomic mass is 10.1. The second-order valence-electron chi connectivity index (χ2n) is 5.91. The monoisotopic (exact) mass is 426 g/mol. The van der Waals surface area contributed by atoms with Crippen LogP contribution in [0.1, 0.15) is 18.1 Å². The minimum Gasteiger partial charge on any atom is -0.272 e.